The Kier molecular flexibility index (Phi) is 3.17. The van der Waals surface area contributed by atoms with E-state index in [2.05, 4.69) is 21.9 Å². The van der Waals surface area contributed by atoms with Crippen LogP contribution in [0.5, 0.6) is 0 Å². The first-order chi connectivity index (χ1) is 5.86. The number of hydrogen-bond acceptors (Lipinski definition) is 3. The zero-order valence-corrected chi connectivity index (χ0v) is 7.91. The van der Waals surface area contributed by atoms with Crippen LogP contribution in [0.25, 0.3) is 0 Å². The second-order valence-electron chi connectivity index (χ2n) is 2.67. The van der Waals surface area contributed by atoms with Crippen LogP contribution >= 0.6 is 0 Å². The Labute approximate surface area is 73.5 Å². The molecular formula is C9H15N3. The monoisotopic (exact) mass is 165 g/mol. The Balaban J connectivity index is 0.000000336. The molecule has 0 radical (unpaired) electrons. The SMILES string of the molecule is CC.CN1Cc2cncnc2C1. The van der Waals surface area contributed by atoms with Crippen LogP contribution < -0.4 is 0 Å². The van der Waals surface area contributed by atoms with E-state index in [9.17, 15) is 0 Å². The van der Waals surface area contributed by atoms with Gasteiger partial charge in [-0.1, -0.05) is 13.8 Å². The van der Waals surface area contributed by atoms with Gasteiger partial charge in [-0.05, 0) is 7.05 Å². The number of rotatable bonds is 0. The summed E-state index contributed by atoms with van der Waals surface area (Å²) < 4.78 is 0. The molecule has 1 aromatic heterocycles. The van der Waals surface area contributed by atoms with E-state index >= 15 is 0 Å². The standard InChI is InChI=1S/C7H9N3.C2H6/c1-10-3-6-2-8-5-9-7(6)4-10;1-2/h2,5H,3-4H2,1H3;1-2H3. The van der Waals surface area contributed by atoms with Crippen LogP contribution in [0.3, 0.4) is 0 Å². The van der Waals surface area contributed by atoms with Crippen LogP contribution in [-0.4, -0.2) is 21.9 Å². The van der Waals surface area contributed by atoms with Crippen LogP contribution in [0.2, 0.25) is 0 Å². The summed E-state index contributed by atoms with van der Waals surface area (Å²) in [4.78, 5) is 10.3. The Morgan fingerprint density at radius 1 is 1.33 bits per heavy atom. The van der Waals surface area contributed by atoms with Gasteiger partial charge in [0.1, 0.15) is 6.33 Å². The van der Waals surface area contributed by atoms with Gasteiger partial charge < -0.3 is 0 Å². The van der Waals surface area contributed by atoms with Gasteiger partial charge in [-0.3, -0.25) is 4.90 Å². The quantitative estimate of drug-likeness (QED) is 0.582. The van der Waals surface area contributed by atoms with E-state index in [0.29, 0.717) is 0 Å². The molecule has 0 fully saturated rings. The molecule has 12 heavy (non-hydrogen) atoms. The van der Waals surface area contributed by atoms with Gasteiger partial charge in [-0.2, -0.15) is 0 Å². The lowest BCUT2D eigenvalue weighted by Gasteiger charge is -2.01. The molecule has 1 aromatic rings. The van der Waals surface area contributed by atoms with Crippen LogP contribution in [0.4, 0.5) is 0 Å². The Morgan fingerprint density at radius 3 is 2.75 bits per heavy atom. The molecule has 2 heterocycles. The fourth-order valence-electron chi connectivity index (χ4n) is 1.26. The van der Waals surface area contributed by atoms with Crippen molar-refractivity contribution in [2.24, 2.45) is 0 Å². The van der Waals surface area contributed by atoms with Crippen LogP contribution in [0, 0.1) is 0 Å². The van der Waals surface area contributed by atoms with E-state index in [1.165, 1.54) is 11.3 Å². The van der Waals surface area contributed by atoms with Crippen molar-refractivity contribution < 1.29 is 0 Å². The van der Waals surface area contributed by atoms with Crippen molar-refractivity contribution in [2.45, 2.75) is 26.9 Å². The normalized spacial score (nSPS) is 14.9. The maximum Gasteiger partial charge on any atom is 0.115 e. The smallest absolute Gasteiger partial charge is 0.115 e. The summed E-state index contributed by atoms with van der Waals surface area (Å²) in [7, 11) is 2.08. The molecule has 2 rings (SSSR count). The molecule has 1 aliphatic heterocycles. The molecule has 0 saturated heterocycles. The van der Waals surface area contributed by atoms with Crippen molar-refractivity contribution in [1.82, 2.24) is 14.9 Å². The highest BCUT2D eigenvalue weighted by molar-refractivity contribution is 5.19. The molecule has 0 aromatic carbocycles. The van der Waals surface area contributed by atoms with Crippen LogP contribution in [0.15, 0.2) is 12.5 Å². The van der Waals surface area contributed by atoms with E-state index in [1.54, 1.807) is 6.33 Å². The predicted octanol–water partition coefficient (Wildman–Crippen LogP) is 1.45. The molecule has 0 aliphatic carbocycles. The van der Waals surface area contributed by atoms with Gasteiger partial charge in [0.25, 0.3) is 0 Å². The summed E-state index contributed by atoms with van der Waals surface area (Å²) in [5.74, 6) is 0. The number of nitrogens with zero attached hydrogens (tertiary/aromatic N) is 3. The lowest BCUT2D eigenvalue weighted by atomic mass is 10.3. The van der Waals surface area contributed by atoms with Crippen molar-refractivity contribution in [3.8, 4) is 0 Å². The maximum absolute atomic E-state index is 4.16. The van der Waals surface area contributed by atoms with Crippen molar-refractivity contribution in [3.05, 3.63) is 23.8 Å². The summed E-state index contributed by atoms with van der Waals surface area (Å²) in [6.45, 7) is 5.97. The third-order valence-electron chi connectivity index (χ3n) is 1.74. The zero-order chi connectivity index (χ0) is 8.97. The zero-order valence-electron chi connectivity index (χ0n) is 7.91. The third kappa shape index (κ3) is 1.80. The molecule has 3 nitrogen and oxygen atoms in total. The maximum atomic E-state index is 4.16. The molecule has 0 N–H and O–H groups in total. The van der Waals surface area contributed by atoms with Gasteiger partial charge in [0.2, 0.25) is 0 Å². The molecule has 3 heteroatoms. The molecule has 66 valence electrons. The minimum Gasteiger partial charge on any atom is -0.296 e. The average molecular weight is 165 g/mol. The highest BCUT2D eigenvalue weighted by Gasteiger charge is 2.15. The molecule has 1 aliphatic rings. The summed E-state index contributed by atoms with van der Waals surface area (Å²) >= 11 is 0. The molecular weight excluding hydrogens is 150 g/mol. The number of aromatic nitrogens is 2. The molecule has 0 spiro atoms. The number of fused-ring (bicyclic) bond motifs is 1. The van der Waals surface area contributed by atoms with E-state index in [0.717, 1.165) is 13.1 Å². The Morgan fingerprint density at radius 2 is 2.08 bits per heavy atom. The van der Waals surface area contributed by atoms with Gasteiger partial charge in [0, 0.05) is 24.8 Å². The molecule has 0 saturated carbocycles. The molecule has 0 amide bonds. The van der Waals surface area contributed by atoms with E-state index in [4.69, 9.17) is 0 Å². The molecule has 0 unspecified atom stereocenters. The third-order valence-corrected chi connectivity index (χ3v) is 1.74. The summed E-state index contributed by atoms with van der Waals surface area (Å²) in [5, 5.41) is 0. The topological polar surface area (TPSA) is 29.0 Å². The van der Waals surface area contributed by atoms with Crippen LogP contribution in [0.1, 0.15) is 25.1 Å². The van der Waals surface area contributed by atoms with Crippen molar-refractivity contribution in [3.63, 3.8) is 0 Å². The highest BCUT2D eigenvalue weighted by Crippen LogP contribution is 2.16. The van der Waals surface area contributed by atoms with Crippen molar-refractivity contribution >= 4 is 0 Å². The van der Waals surface area contributed by atoms with Gasteiger partial charge >= 0.3 is 0 Å². The average Bonchev–Trinajstić information content (AvgIpc) is 2.48. The van der Waals surface area contributed by atoms with Gasteiger partial charge in [-0.25, -0.2) is 9.97 Å². The Hall–Kier alpha value is -0.960. The minimum atomic E-state index is 0.970. The van der Waals surface area contributed by atoms with E-state index < -0.39 is 0 Å². The lowest BCUT2D eigenvalue weighted by molar-refractivity contribution is 0.351. The summed E-state index contributed by atoms with van der Waals surface area (Å²) in [5.41, 5.74) is 2.45. The van der Waals surface area contributed by atoms with Crippen LogP contribution in [-0.2, 0) is 13.1 Å². The largest absolute Gasteiger partial charge is 0.296 e. The second-order valence-corrected chi connectivity index (χ2v) is 2.67. The first kappa shape index (κ1) is 9.13. The van der Waals surface area contributed by atoms with E-state index in [-0.39, 0.29) is 0 Å². The molecule has 0 atom stereocenters. The number of hydrogen-bond donors (Lipinski definition) is 0. The lowest BCUT2D eigenvalue weighted by Crippen LogP contribution is -2.07. The second kappa shape index (κ2) is 4.16. The Bertz CT molecular complexity index is 222. The summed E-state index contributed by atoms with van der Waals surface area (Å²) in [6.07, 6.45) is 3.50. The van der Waals surface area contributed by atoms with Crippen molar-refractivity contribution in [1.29, 1.82) is 0 Å². The van der Waals surface area contributed by atoms with Gasteiger partial charge in [-0.15, -0.1) is 0 Å². The fourth-order valence-corrected chi connectivity index (χ4v) is 1.26. The summed E-state index contributed by atoms with van der Waals surface area (Å²) in [6, 6.07) is 0. The minimum absolute atomic E-state index is 0.970. The first-order valence-corrected chi connectivity index (χ1v) is 4.32. The van der Waals surface area contributed by atoms with Gasteiger partial charge in [0.15, 0.2) is 0 Å². The highest BCUT2D eigenvalue weighted by atomic mass is 15.1. The first-order valence-electron chi connectivity index (χ1n) is 4.32. The molecule has 0 bridgehead atoms. The fraction of sp³-hybridized carbons (Fsp3) is 0.556. The van der Waals surface area contributed by atoms with Crippen molar-refractivity contribution in [2.75, 3.05) is 7.05 Å². The predicted molar refractivity (Wildman–Crippen MR) is 48.6 cm³/mol. The van der Waals surface area contributed by atoms with E-state index in [1.807, 2.05) is 20.0 Å². The van der Waals surface area contributed by atoms with Gasteiger partial charge in [0.05, 0.1) is 5.69 Å².